The first-order valence-electron chi connectivity index (χ1n) is 5.07. The fraction of sp³-hybridized carbons (Fsp3) is 0.0769. The number of rotatable bonds is 2. The van der Waals surface area contributed by atoms with Gasteiger partial charge in [-0.15, -0.1) is 0 Å². The standard InChI is InChI=1S/C13H10INO2/c1-9-2-4-10(5-3-9)15-7-6-12(14)11(8-16)13(15)17/h2-8H,1H3. The summed E-state index contributed by atoms with van der Waals surface area (Å²) in [6, 6.07) is 9.34. The zero-order chi connectivity index (χ0) is 12.4. The third kappa shape index (κ3) is 2.31. The lowest BCUT2D eigenvalue weighted by Gasteiger charge is -2.07. The van der Waals surface area contributed by atoms with Crippen LogP contribution in [-0.2, 0) is 0 Å². The number of halogens is 1. The van der Waals surface area contributed by atoms with E-state index in [0.29, 0.717) is 9.86 Å². The summed E-state index contributed by atoms with van der Waals surface area (Å²) in [5, 5.41) is 0. The molecule has 0 N–H and O–H groups in total. The van der Waals surface area contributed by atoms with Gasteiger partial charge in [0.2, 0.25) is 0 Å². The van der Waals surface area contributed by atoms with Gasteiger partial charge in [-0.1, -0.05) is 17.7 Å². The highest BCUT2D eigenvalue weighted by Crippen LogP contribution is 2.10. The molecule has 3 nitrogen and oxygen atoms in total. The molecule has 0 spiro atoms. The van der Waals surface area contributed by atoms with Crippen molar-refractivity contribution in [3.63, 3.8) is 0 Å². The van der Waals surface area contributed by atoms with Gasteiger partial charge in [-0.3, -0.25) is 14.2 Å². The molecule has 0 aliphatic rings. The highest BCUT2D eigenvalue weighted by atomic mass is 127. The van der Waals surface area contributed by atoms with Gasteiger partial charge in [-0.2, -0.15) is 0 Å². The third-order valence-corrected chi connectivity index (χ3v) is 3.45. The summed E-state index contributed by atoms with van der Waals surface area (Å²) in [6.07, 6.45) is 2.29. The maximum absolute atomic E-state index is 12.0. The van der Waals surface area contributed by atoms with Crippen LogP contribution in [0.25, 0.3) is 5.69 Å². The topological polar surface area (TPSA) is 39.1 Å². The second kappa shape index (κ2) is 4.83. The maximum Gasteiger partial charge on any atom is 0.266 e. The van der Waals surface area contributed by atoms with Gasteiger partial charge in [-0.05, 0) is 47.7 Å². The summed E-state index contributed by atoms with van der Waals surface area (Å²) < 4.78 is 2.15. The monoisotopic (exact) mass is 339 g/mol. The Bertz CT molecular complexity index is 614. The van der Waals surface area contributed by atoms with Gasteiger partial charge in [0.25, 0.3) is 5.56 Å². The average Bonchev–Trinajstić information content (AvgIpc) is 2.31. The number of nitrogens with zero attached hydrogens (tertiary/aromatic N) is 1. The zero-order valence-electron chi connectivity index (χ0n) is 9.18. The minimum atomic E-state index is -0.282. The Morgan fingerprint density at radius 3 is 2.41 bits per heavy atom. The Hall–Kier alpha value is -1.43. The van der Waals surface area contributed by atoms with E-state index in [1.807, 2.05) is 53.8 Å². The van der Waals surface area contributed by atoms with Crippen molar-refractivity contribution in [2.24, 2.45) is 0 Å². The molecule has 17 heavy (non-hydrogen) atoms. The van der Waals surface area contributed by atoms with Gasteiger partial charge in [0.15, 0.2) is 6.29 Å². The van der Waals surface area contributed by atoms with Crippen molar-refractivity contribution in [3.05, 3.63) is 61.6 Å². The number of hydrogen-bond donors (Lipinski definition) is 0. The van der Waals surface area contributed by atoms with Crippen LogP contribution in [0.2, 0.25) is 0 Å². The third-order valence-electron chi connectivity index (χ3n) is 2.51. The lowest BCUT2D eigenvalue weighted by molar-refractivity contribution is 0.112. The molecule has 0 aliphatic heterocycles. The van der Waals surface area contributed by atoms with E-state index in [0.717, 1.165) is 11.3 Å². The van der Waals surface area contributed by atoms with Crippen molar-refractivity contribution in [3.8, 4) is 5.69 Å². The van der Waals surface area contributed by atoms with Crippen molar-refractivity contribution in [1.82, 2.24) is 4.57 Å². The molecule has 4 heteroatoms. The van der Waals surface area contributed by atoms with Crippen LogP contribution in [0.1, 0.15) is 15.9 Å². The smallest absolute Gasteiger partial charge is 0.266 e. The Morgan fingerprint density at radius 2 is 1.82 bits per heavy atom. The van der Waals surface area contributed by atoms with E-state index in [1.165, 1.54) is 4.57 Å². The van der Waals surface area contributed by atoms with Gasteiger partial charge in [0.1, 0.15) is 0 Å². The molecule has 86 valence electrons. The average molecular weight is 339 g/mol. The Kier molecular flexibility index (Phi) is 3.42. The van der Waals surface area contributed by atoms with Gasteiger partial charge in [-0.25, -0.2) is 0 Å². The highest BCUT2D eigenvalue weighted by molar-refractivity contribution is 14.1. The summed E-state index contributed by atoms with van der Waals surface area (Å²) in [7, 11) is 0. The molecule has 2 rings (SSSR count). The van der Waals surface area contributed by atoms with Crippen molar-refractivity contribution in [2.75, 3.05) is 0 Å². The van der Waals surface area contributed by atoms with Crippen LogP contribution in [0, 0.1) is 10.5 Å². The highest BCUT2D eigenvalue weighted by Gasteiger charge is 2.08. The molecule has 1 aromatic heterocycles. The second-order valence-electron chi connectivity index (χ2n) is 3.71. The molecule has 0 saturated heterocycles. The molecule has 0 unspecified atom stereocenters. The minimum Gasteiger partial charge on any atom is -0.298 e. The largest absolute Gasteiger partial charge is 0.298 e. The Morgan fingerprint density at radius 1 is 1.18 bits per heavy atom. The van der Waals surface area contributed by atoms with E-state index in [2.05, 4.69) is 0 Å². The number of hydrogen-bond acceptors (Lipinski definition) is 2. The van der Waals surface area contributed by atoms with Crippen LogP contribution < -0.4 is 5.56 Å². The van der Waals surface area contributed by atoms with Gasteiger partial charge in [0.05, 0.1) is 5.56 Å². The molecular weight excluding hydrogens is 329 g/mol. The molecule has 0 atom stereocenters. The number of aryl methyl sites for hydroxylation is 1. The minimum absolute atomic E-state index is 0.202. The van der Waals surface area contributed by atoms with Gasteiger partial charge < -0.3 is 0 Å². The molecule has 0 amide bonds. The molecule has 1 aromatic carbocycles. The number of aldehydes is 1. The van der Waals surface area contributed by atoms with E-state index < -0.39 is 0 Å². The summed E-state index contributed by atoms with van der Waals surface area (Å²) >= 11 is 1.98. The van der Waals surface area contributed by atoms with E-state index >= 15 is 0 Å². The lowest BCUT2D eigenvalue weighted by atomic mass is 10.2. The van der Waals surface area contributed by atoms with Crippen LogP contribution >= 0.6 is 22.6 Å². The van der Waals surface area contributed by atoms with Crippen LogP contribution in [0.4, 0.5) is 0 Å². The quantitative estimate of drug-likeness (QED) is 0.623. The summed E-state index contributed by atoms with van der Waals surface area (Å²) in [4.78, 5) is 22.9. The number of pyridine rings is 1. The van der Waals surface area contributed by atoms with Crippen molar-refractivity contribution >= 4 is 28.9 Å². The first kappa shape index (κ1) is 12.0. The van der Waals surface area contributed by atoms with Crippen molar-refractivity contribution in [2.45, 2.75) is 6.92 Å². The van der Waals surface area contributed by atoms with Crippen LogP contribution in [0.5, 0.6) is 0 Å². The lowest BCUT2D eigenvalue weighted by Crippen LogP contribution is -2.22. The Labute approximate surface area is 112 Å². The summed E-state index contributed by atoms with van der Waals surface area (Å²) in [5.74, 6) is 0. The van der Waals surface area contributed by atoms with E-state index in [9.17, 15) is 9.59 Å². The normalized spacial score (nSPS) is 10.2. The summed E-state index contributed by atoms with van der Waals surface area (Å²) in [6.45, 7) is 1.98. The fourth-order valence-corrected chi connectivity index (χ4v) is 2.06. The van der Waals surface area contributed by atoms with Crippen LogP contribution in [0.15, 0.2) is 41.3 Å². The zero-order valence-corrected chi connectivity index (χ0v) is 11.3. The maximum atomic E-state index is 12.0. The predicted octanol–water partition coefficient (Wildman–Crippen LogP) is 2.56. The van der Waals surface area contributed by atoms with Gasteiger partial charge in [0, 0.05) is 15.5 Å². The molecular formula is C13H10INO2. The Balaban J connectivity index is 2.65. The summed E-state index contributed by atoms with van der Waals surface area (Å²) in [5.41, 5.74) is 1.81. The first-order chi connectivity index (χ1) is 8.13. The number of benzene rings is 1. The van der Waals surface area contributed by atoms with E-state index in [-0.39, 0.29) is 11.1 Å². The molecule has 0 fully saturated rings. The second-order valence-corrected chi connectivity index (χ2v) is 4.87. The molecule has 0 radical (unpaired) electrons. The predicted molar refractivity (Wildman–Crippen MR) is 74.9 cm³/mol. The first-order valence-corrected chi connectivity index (χ1v) is 6.15. The number of aromatic nitrogens is 1. The van der Waals surface area contributed by atoms with E-state index in [1.54, 1.807) is 12.3 Å². The van der Waals surface area contributed by atoms with Crippen LogP contribution in [0.3, 0.4) is 0 Å². The molecule has 0 aliphatic carbocycles. The van der Waals surface area contributed by atoms with Crippen molar-refractivity contribution in [1.29, 1.82) is 0 Å². The number of carbonyl (C=O) groups excluding carboxylic acids is 1. The SMILES string of the molecule is Cc1ccc(-n2ccc(I)c(C=O)c2=O)cc1. The fourth-order valence-electron chi connectivity index (χ4n) is 1.54. The molecule has 0 bridgehead atoms. The molecule has 2 aromatic rings. The van der Waals surface area contributed by atoms with E-state index in [4.69, 9.17) is 0 Å². The van der Waals surface area contributed by atoms with Crippen LogP contribution in [-0.4, -0.2) is 10.9 Å². The molecule has 1 heterocycles. The molecule has 0 saturated carbocycles. The number of carbonyl (C=O) groups is 1. The van der Waals surface area contributed by atoms with Gasteiger partial charge >= 0.3 is 0 Å². The van der Waals surface area contributed by atoms with Crippen molar-refractivity contribution < 1.29 is 4.79 Å².